The van der Waals surface area contributed by atoms with Crippen LogP contribution in [0.5, 0.6) is 0 Å². The zero-order valence-electron chi connectivity index (χ0n) is 12.8. The second-order valence-corrected chi connectivity index (χ2v) is 6.76. The summed E-state index contributed by atoms with van der Waals surface area (Å²) in [5.41, 5.74) is 0.317. The molecule has 4 rings (SSSR count). The molecule has 0 saturated heterocycles. The van der Waals surface area contributed by atoms with Crippen LogP contribution in [-0.2, 0) is 19.5 Å². The van der Waals surface area contributed by atoms with Crippen molar-refractivity contribution in [3.05, 3.63) is 63.0 Å². The highest BCUT2D eigenvalue weighted by molar-refractivity contribution is 7.16. The standard InChI is InChI=1S/C17H15F2N3OS/c18-13-3-1-2-11(15(13)19)10-21-6-4-14-20-16-12(5-9-24-16)17(23)22(14)8-7-21/h1-3,5,9H,4,6-8,10H2. The monoisotopic (exact) mass is 347 g/mol. The third-order valence-corrected chi connectivity index (χ3v) is 5.19. The maximum atomic E-state index is 13.9. The van der Waals surface area contributed by atoms with E-state index in [9.17, 15) is 13.6 Å². The fraction of sp³-hybridized carbons (Fsp3) is 0.294. The van der Waals surface area contributed by atoms with E-state index in [4.69, 9.17) is 0 Å². The van der Waals surface area contributed by atoms with Gasteiger partial charge < -0.3 is 0 Å². The van der Waals surface area contributed by atoms with Crippen LogP contribution < -0.4 is 5.56 Å². The molecule has 0 unspecified atom stereocenters. The smallest absolute Gasteiger partial charge is 0.262 e. The van der Waals surface area contributed by atoms with Gasteiger partial charge in [-0.05, 0) is 17.5 Å². The zero-order valence-corrected chi connectivity index (χ0v) is 13.7. The molecule has 0 N–H and O–H groups in total. The molecule has 4 nitrogen and oxygen atoms in total. The summed E-state index contributed by atoms with van der Waals surface area (Å²) < 4.78 is 28.9. The molecule has 0 atom stereocenters. The normalized spacial score (nSPS) is 15.4. The lowest BCUT2D eigenvalue weighted by Crippen LogP contribution is -2.29. The van der Waals surface area contributed by atoms with E-state index in [2.05, 4.69) is 4.98 Å². The molecule has 3 aromatic rings. The highest BCUT2D eigenvalue weighted by Crippen LogP contribution is 2.18. The van der Waals surface area contributed by atoms with E-state index >= 15 is 0 Å². The molecule has 0 radical (unpaired) electrons. The van der Waals surface area contributed by atoms with Crippen LogP contribution in [0.3, 0.4) is 0 Å². The maximum Gasteiger partial charge on any atom is 0.262 e. The van der Waals surface area contributed by atoms with E-state index in [0.29, 0.717) is 43.5 Å². The number of nitrogens with zero attached hydrogens (tertiary/aromatic N) is 3. The summed E-state index contributed by atoms with van der Waals surface area (Å²) in [5, 5.41) is 2.52. The third kappa shape index (κ3) is 2.63. The number of thiophene rings is 1. The van der Waals surface area contributed by atoms with Crippen molar-refractivity contribution >= 4 is 21.6 Å². The van der Waals surface area contributed by atoms with Gasteiger partial charge in [0.05, 0.1) is 5.39 Å². The average Bonchev–Trinajstić information content (AvgIpc) is 2.95. The van der Waals surface area contributed by atoms with Gasteiger partial charge in [-0.25, -0.2) is 13.8 Å². The molecule has 24 heavy (non-hydrogen) atoms. The van der Waals surface area contributed by atoms with Crippen LogP contribution in [-0.4, -0.2) is 27.5 Å². The Morgan fingerprint density at radius 1 is 1.17 bits per heavy atom. The largest absolute Gasteiger partial charge is 0.297 e. The number of hydrogen-bond acceptors (Lipinski definition) is 4. The lowest BCUT2D eigenvalue weighted by Gasteiger charge is -2.19. The summed E-state index contributed by atoms with van der Waals surface area (Å²) in [7, 11) is 0. The first kappa shape index (κ1) is 15.4. The Morgan fingerprint density at radius 3 is 2.92 bits per heavy atom. The van der Waals surface area contributed by atoms with E-state index in [-0.39, 0.29) is 5.56 Å². The Hall–Kier alpha value is -2.12. The van der Waals surface area contributed by atoms with Crippen molar-refractivity contribution in [2.24, 2.45) is 0 Å². The van der Waals surface area contributed by atoms with Gasteiger partial charge in [0.25, 0.3) is 5.56 Å². The topological polar surface area (TPSA) is 38.1 Å². The molecule has 3 heterocycles. The van der Waals surface area contributed by atoms with Crippen LogP contribution in [0.25, 0.3) is 10.2 Å². The van der Waals surface area contributed by atoms with Crippen molar-refractivity contribution in [2.75, 3.05) is 13.1 Å². The fourth-order valence-corrected chi connectivity index (χ4v) is 3.87. The minimum atomic E-state index is -0.830. The molecule has 1 aromatic carbocycles. The Morgan fingerprint density at radius 2 is 2.04 bits per heavy atom. The molecule has 0 spiro atoms. The molecular weight excluding hydrogens is 332 g/mol. The van der Waals surface area contributed by atoms with E-state index in [0.717, 1.165) is 16.7 Å². The van der Waals surface area contributed by atoms with Crippen LogP contribution in [0.4, 0.5) is 8.78 Å². The van der Waals surface area contributed by atoms with Crippen LogP contribution in [0.15, 0.2) is 34.4 Å². The molecule has 0 fully saturated rings. The number of fused-ring (bicyclic) bond motifs is 2. The average molecular weight is 347 g/mol. The van der Waals surface area contributed by atoms with Crippen LogP contribution >= 0.6 is 11.3 Å². The van der Waals surface area contributed by atoms with Crippen molar-refractivity contribution in [1.82, 2.24) is 14.5 Å². The van der Waals surface area contributed by atoms with Gasteiger partial charge in [-0.2, -0.15) is 0 Å². The summed E-state index contributed by atoms with van der Waals surface area (Å²) >= 11 is 1.46. The Kier molecular flexibility index (Phi) is 3.90. The summed E-state index contributed by atoms with van der Waals surface area (Å²) in [6.07, 6.45) is 0.611. The van der Waals surface area contributed by atoms with Gasteiger partial charge in [-0.3, -0.25) is 14.3 Å². The molecule has 0 saturated carbocycles. The molecule has 0 bridgehead atoms. The molecule has 124 valence electrons. The first-order chi connectivity index (χ1) is 11.6. The lowest BCUT2D eigenvalue weighted by molar-refractivity contribution is 0.266. The van der Waals surface area contributed by atoms with E-state index in [1.165, 1.54) is 17.4 Å². The second kappa shape index (κ2) is 6.07. The SMILES string of the molecule is O=c1c2ccsc2nc2n1CCN(Cc1cccc(F)c1F)CC2. The quantitative estimate of drug-likeness (QED) is 0.715. The van der Waals surface area contributed by atoms with Crippen molar-refractivity contribution in [3.8, 4) is 0 Å². The lowest BCUT2D eigenvalue weighted by atomic mass is 10.2. The van der Waals surface area contributed by atoms with Crippen LogP contribution in [0.2, 0.25) is 0 Å². The molecule has 1 aliphatic rings. The number of aromatic nitrogens is 2. The predicted octanol–water partition coefficient (Wildman–Crippen LogP) is 2.79. The van der Waals surface area contributed by atoms with E-state index < -0.39 is 11.6 Å². The van der Waals surface area contributed by atoms with E-state index in [1.54, 1.807) is 16.7 Å². The number of hydrogen-bond donors (Lipinski definition) is 0. The van der Waals surface area contributed by atoms with Gasteiger partial charge in [-0.15, -0.1) is 11.3 Å². The molecule has 0 aliphatic carbocycles. The van der Waals surface area contributed by atoms with Crippen molar-refractivity contribution in [2.45, 2.75) is 19.5 Å². The summed E-state index contributed by atoms with van der Waals surface area (Å²) in [5.74, 6) is -0.865. The zero-order chi connectivity index (χ0) is 16.7. The highest BCUT2D eigenvalue weighted by Gasteiger charge is 2.19. The number of halogens is 2. The summed E-state index contributed by atoms with van der Waals surface area (Å²) in [4.78, 5) is 19.9. The number of benzene rings is 1. The van der Waals surface area contributed by atoms with Gasteiger partial charge in [0.15, 0.2) is 11.6 Å². The molecule has 2 aromatic heterocycles. The fourth-order valence-electron chi connectivity index (χ4n) is 3.09. The Balaban J connectivity index is 1.60. The molecule has 0 amide bonds. The summed E-state index contributed by atoms with van der Waals surface area (Å²) in [6.45, 7) is 2.07. The van der Waals surface area contributed by atoms with Gasteiger partial charge in [0.1, 0.15) is 10.7 Å². The third-order valence-electron chi connectivity index (χ3n) is 4.38. The van der Waals surface area contributed by atoms with Crippen molar-refractivity contribution in [1.29, 1.82) is 0 Å². The number of rotatable bonds is 2. The van der Waals surface area contributed by atoms with Gasteiger partial charge in [-0.1, -0.05) is 12.1 Å². The molecular formula is C17H15F2N3OS. The van der Waals surface area contributed by atoms with Gasteiger partial charge in [0, 0.05) is 38.2 Å². The Labute approximate surface area is 141 Å². The van der Waals surface area contributed by atoms with Crippen LogP contribution in [0.1, 0.15) is 11.4 Å². The first-order valence-electron chi connectivity index (χ1n) is 7.75. The second-order valence-electron chi connectivity index (χ2n) is 5.86. The van der Waals surface area contributed by atoms with Gasteiger partial charge in [0.2, 0.25) is 0 Å². The van der Waals surface area contributed by atoms with Crippen LogP contribution in [0, 0.1) is 11.6 Å². The van der Waals surface area contributed by atoms with Crippen molar-refractivity contribution < 1.29 is 8.78 Å². The summed E-state index contributed by atoms with van der Waals surface area (Å²) in [6, 6.07) is 6.03. The van der Waals surface area contributed by atoms with Gasteiger partial charge >= 0.3 is 0 Å². The minimum absolute atomic E-state index is 0.0185. The van der Waals surface area contributed by atoms with E-state index in [1.807, 2.05) is 10.3 Å². The molecule has 7 heteroatoms. The minimum Gasteiger partial charge on any atom is -0.297 e. The first-order valence-corrected chi connectivity index (χ1v) is 8.63. The predicted molar refractivity (Wildman–Crippen MR) is 89.2 cm³/mol. The molecule has 1 aliphatic heterocycles. The highest BCUT2D eigenvalue weighted by atomic mass is 32.1. The van der Waals surface area contributed by atoms with Crippen molar-refractivity contribution in [3.63, 3.8) is 0 Å². The Bertz CT molecular complexity index is 966. The maximum absolute atomic E-state index is 13.9.